The summed E-state index contributed by atoms with van der Waals surface area (Å²) in [5, 5.41) is 3.47. The Hall–Kier alpha value is -0.610. The van der Waals surface area contributed by atoms with Gasteiger partial charge in [0.1, 0.15) is 5.82 Å². The summed E-state index contributed by atoms with van der Waals surface area (Å²) >= 11 is 3.69. The largest absolute Gasteiger partial charge is 0.351 e. The molecule has 1 N–H and O–H groups in total. The fraction of sp³-hybridized carbons (Fsp3) is 0.643. The molecular formula is C14H22BrN3. The number of halogens is 1. The maximum atomic E-state index is 4.57. The van der Waals surface area contributed by atoms with Gasteiger partial charge in [0, 0.05) is 25.3 Å². The van der Waals surface area contributed by atoms with E-state index in [0.717, 1.165) is 29.9 Å². The van der Waals surface area contributed by atoms with Gasteiger partial charge in [-0.2, -0.15) is 0 Å². The standard InChI is InChI=1S/C14H22BrN3/c1-3-16-10-12-6-4-5-9-18(12)14-13(15)11(2)7-8-17-14/h7-8,12,16H,3-6,9-10H2,1-2H3. The van der Waals surface area contributed by atoms with Crippen LogP contribution in [0.1, 0.15) is 31.7 Å². The van der Waals surface area contributed by atoms with Crippen LogP contribution in [0.15, 0.2) is 16.7 Å². The van der Waals surface area contributed by atoms with Crippen LogP contribution in [-0.4, -0.2) is 30.7 Å². The first kappa shape index (κ1) is 13.8. The smallest absolute Gasteiger partial charge is 0.143 e. The van der Waals surface area contributed by atoms with Gasteiger partial charge < -0.3 is 10.2 Å². The Morgan fingerprint density at radius 3 is 3.11 bits per heavy atom. The molecule has 1 atom stereocenters. The fourth-order valence-electron chi connectivity index (χ4n) is 2.53. The lowest BCUT2D eigenvalue weighted by Gasteiger charge is -2.37. The van der Waals surface area contributed by atoms with E-state index in [1.165, 1.54) is 24.8 Å². The van der Waals surface area contributed by atoms with Crippen molar-refractivity contribution in [3.8, 4) is 0 Å². The Morgan fingerprint density at radius 1 is 1.50 bits per heavy atom. The number of pyridine rings is 1. The first-order chi connectivity index (χ1) is 8.74. The van der Waals surface area contributed by atoms with Gasteiger partial charge in [-0.05, 0) is 60.3 Å². The molecule has 2 rings (SSSR count). The lowest BCUT2D eigenvalue weighted by Crippen LogP contribution is -2.46. The Bertz CT molecular complexity index is 395. The molecule has 3 nitrogen and oxygen atoms in total. The average molecular weight is 312 g/mol. The van der Waals surface area contributed by atoms with Crippen molar-refractivity contribution in [3.05, 3.63) is 22.3 Å². The zero-order valence-electron chi connectivity index (χ0n) is 11.2. The monoisotopic (exact) mass is 311 g/mol. The predicted molar refractivity (Wildman–Crippen MR) is 80.2 cm³/mol. The van der Waals surface area contributed by atoms with Crippen LogP contribution in [-0.2, 0) is 0 Å². The third-order valence-corrected chi connectivity index (χ3v) is 4.57. The molecule has 1 aromatic heterocycles. The van der Waals surface area contributed by atoms with Crippen molar-refractivity contribution in [3.63, 3.8) is 0 Å². The van der Waals surface area contributed by atoms with Crippen molar-refractivity contribution in [1.29, 1.82) is 0 Å². The maximum absolute atomic E-state index is 4.57. The molecule has 1 unspecified atom stereocenters. The van der Waals surface area contributed by atoms with E-state index in [9.17, 15) is 0 Å². The van der Waals surface area contributed by atoms with E-state index in [-0.39, 0.29) is 0 Å². The predicted octanol–water partition coefficient (Wildman–Crippen LogP) is 3.12. The van der Waals surface area contributed by atoms with Gasteiger partial charge in [-0.15, -0.1) is 0 Å². The quantitative estimate of drug-likeness (QED) is 0.926. The lowest BCUT2D eigenvalue weighted by molar-refractivity contribution is 0.436. The van der Waals surface area contributed by atoms with Gasteiger partial charge in [-0.25, -0.2) is 4.98 Å². The molecule has 0 aliphatic carbocycles. The van der Waals surface area contributed by atoms with Crippen molar-refractivity contribution in [1.82, 2.24) is 10.3 Å². The maximum Gasteiger partial charge on any atom is 0.143 e. The summed E-state index contributed by atoms with van der Waals surface area (Å²) in [5.74, 6) is 1.11. The van der Waals surface area contributed by atoms with Gasteiger partial charge in [0.2, 0.25) is 0 Å². The Labute approximate surface area is 118 Å². The summed E-state index contributed by atoms with van der Waals surface area (Å²) in [6.07, 6.45) is 5.77. The van der Waals surface area contributed by atoms with Crippen molar-refractivity contribution in [2.24, 2.45) is 0 Å². The molecule has 100 valence electrons. The highest BCUT2D eigenvalue weighted by Gasteiger charge is 2.24. The van der Waals surface area contributed by atoms with Gasteiger partial charge in [-0.1, -0.05) is 6.92 Å². The van der Waals surface area contributed by atoms with E-state index in [1.807, 2.05) is 6.20 Å². The van der Waals surface area contributed by atoms with Crippen LogP contribution < -0.4 is 10.2 Å². The molecule has 0 spiro atoms. The van der Waals surface area contributed by atoms with E-state index >= 15 is 0 Å². The van der Waals surface area contributed by atoms with Crippen LogP contribution in [0.25, 0.3) is 0 Å². The molecule has 18 heavy (non-hydrogen) atoms. The minimum Gasteiger partial charge on any atom is -0.351 e. The van der Waals surface area contributed by atoms with Crippen LogP contribution in [0, 0.1) is 6.92 Å². The number of likely N-dealkylation sites (N-methyl/N-ethyl adjacent to an activating group) is 1. The molecule has 1 aliphatic rings. The zero-order valence-corrected chi connectivity index (χ0v) is 12.8. The summed E-state index contributed by atoms with van der Waals surface area (Å²) in [4.78, 5) is 7.03. The minimum atomic E-state index is 0.573. The second kappa shape index (κ2) is 6.53. The topological polar surface area (TPSA) is 28.2 Å². The summed E-state index contributed by atoms with van der Waals surface area (Å²) in [6.45, 7) is 7.49. The number of piperidine rings is 1. The molecule has 4 heteroatoms. The zero-order chi connectivity index (χ0) is 13.0. The van der Waals surface area contributed by atoms with Crippen LogP contribution >= 0.6 is 15.9 Å². The van der Waals surface area contributed by atoms with Crippen LogP contribution in [0.4, 0.5) is 5.82 Å². The van der Waals surface area contributed by atoms with Crippen molar-refractivity contribution >= 4 is 21.7 Å². The normalized spacial score (nSPS) is 20.2. The SMILES string of the molecule is CCNCC1CCCCN1c1nccc(C)c1Br. The van der Waals surface area contributed by atoms with Crippen LogP contribution in [0.3, 0.4) is 0 Å². The molecule has 1 fully saturated rings. The van der Waals surface area contributed by atoms with Crippen molar-refractivity contribution in [2.45, 2.75) is 39.2 Å². The highest BCUT2D eigenvalue weighted by Crippen LogP contribution is 2.31. The molecule has 0 saturated carbocycles. The number of rotatable bonds is 4. The van der Waals surface area contributed by atoms with Gasteiger partial charge >= 0.3 is 0 Å². The van der Waals surface area contributed by atoms with Gasteiger partial charge in [0.05, 0.1) is 4.47 Å². The number of nitrogens with one attached hydrogen (secondary N) is 1. The first-order valence-corrected chi connectivity index (χ1v) is 7.61. The van der Waals surface area contributed by atoms with Crippen molar-refractivity contribution in [2.75, 3.05) is 24.5 Å². The number of hydrogen-bond acceptors (Lipinski definition) is 3. The second-order valence-electron chi connectivity index (χ2n) is 4.92. The Morgan fingerprint density at radius 2 is 2.33 bits per heavy atom. The second-order valence-corrected chi connectivity index (χ2v) is 5.71. The number of aryl methyl sites for hydroxylation is 1. The lowest BCUT2D eigenvalue weighted by atomic mass is 10.0. The van der Waals surface area contributed by atoms with E-state index in [0.29, 0.717) is 6.04 Å². The molecule has 1 saturated heterocycles. The first-order valence-electron chi connectivity index (χ1n) is 6.82. The number of anilines is 1. The third kappa shape index (κ3) is 3.04. The average Bonchev–Trinajstić information content (AvgIpc) is 2.40. The summed E-state index contributed by atoms with van der Waals surface area (Å²) in [7, 11) is 0. The highest BCUT2D eigenvalue weighted by atomic mass is 79.9. The number of nitrogens with zero attached hydrogens (tertiary/aromatic N) is 2. The molecule has 1 aliphatic heterocycles. The molecule has 0 amide bonds. The highest BCUT2D eigenvalue weighted by molar-refractivity contribution is 9.10. The van der Waals surface area contributed by atoms with Crippen LogP contribution in [0.2, 0.25) is 0 Å². The number of aromatic nitrogens is 1. The molecular weight excluding hydrogens is 290 g/mol. The third-order valence-electron chi connectivity index (χ3n) is 3.59. The van der Waals surface area contributed by atoms with E-state index in [2.05, 4.69) is 51.0 Å². The van der Waals surface area contributed by atoms with Gasteiger partial charge in [0.15, 0.2) is 0 Å². The Kier molecular flexibility index (Phi) is 5.01. The fourth-order valence-corrected chi connectivity index (χ4v) is 2.99. The van der Waals surface area contributed by atoms with Gasteiger partial charge in [-0.3, -0.25) is 0 Å². The van der Waals surface area contributed by atoms with E-state index < -0.39 is 0 Å². The van der Waals surface area contributed by atoms with E-state index in [4.69, 9.17) is 0 Å². The Balaban J connectivity index is 2.19. The molecule has 1 aromatic rings. The minimum absolute atomic E-state index is 0.573. The van der Waals surface area contributed by atoms with Crippen LogP contribution in [0.5, 0.6) is 0 Å². The van der Waals surface area contributed by atoms with Gasteiger partial charge in [0.25, 0.3) is 0 Å². The van der Waals surface area contributed by atoms with Crippen molar-refractivity contribution < 1.29 is 0 Å². The molecule has 0 radical (unpaired) electrons. The molecule has 0 bridgehead atoms. The molecule has 2 heterocycles. The van der Waals surface area contributed by atoms with E-state index in [1.54, 1.807) is 0 Å². The molecule has 0 aromatic carbocycles. The summed E-state index contributed by atoms with van der Waals surface area (Å²) < 4.78 is 1.15. The summed E-state index contributed by atoms with van der Waals surface area (Å²) in [5.41, 5.74) is 1.26. The number of hydrogen-bond donors (Lipinski definition) is 1. The summed E-state index contributed by atoms with van der Waals surface area (Å²) in [6, 6.07) is 2.63.